The fraction of sp³-hybridized carbons (Fsp3) is 0.250. The molecule has 1 amide bonds. The summed E-state index contributed by atoms with van der Waals surface area (Å²) < 4.78 is 21.2. The molecular formula is C28H29FN2O3. The number of aliphatic hydroxyl groups excluding tert-OH is 1. The number of para-hydroxylation sites is 1. The van der Waals surface area contributed by atoms with E-state index < -0.39 is 6.04 Å². The predicted molar refractivity (Wildman–Crippen MR) is 133 cm³/mol. The largest absolute Gasteiger partial charge is 0.493 e. The molecular weight excluding hydrogens is 431 g/mol. The number of nitrogens with one attached hydrogen (secondary N) is 1. The number of carbonyl (C=O) groups excluding carboxylic acids is 1. The van der Waals surface area contributed by atoms with E-state index in [9.17, 15) is 14.3 Å². The maximum absolute atomic E-state index is 13.4. The van der Waals surface area contributed by atoms with Crippen molar-refractivity contribution in [3.63, 3.8) is 0 Å². The average Bonchev–Trinajstić information content (AvgIpc) is 3.17. The van der Waals surface area contributed by atoms with E-state index in [1.54, 1.807) is 24.3 Å². The summed E-state index contributed by atoms with van der Waals surface area (Å²) in [6.07, 6.45) is 3.33. The number of aliphatic hydroxyl groups is 1. The van der Waals surface area contributed by atoms with Gasteiger partial charge in [-0.15, -0.1) is 0 Å². The van der Waals surface area contributed by atoms with E-state index in [1.165, 1.54) is 12.1 Å². The highest BCUT2D eigenvalue weighted by Gasteiger charge is 2.20. The van der Waals surface area contributed by atoms with Crippen LogP contribution in [0, 0.1) is 5.82 Å². The highest BCUT2D eigenvalue weighted by molar-refractivity contribution is 5.98. The fourth-order valence-electron chi connectivity index (χ4n) is 4.15. The third-order valence-electron chi connectivity index (χ3n) is 5.86. The lowest BCUT2D eigenvalue weighted by Crippen LogP contribution is -2.39. The van der Waals surface area contributed by atoms with Crippen LogP contribution in [0.15, 0.2) is 72.9 Å². The van der Waals surface area contributed by atoms with E-state index in [0.29, 0.717) is 24.3 Å². The van der Waals surface area contributed by atoms with Crippen molar-refractivity contribution in [1.29, 1.82) is 0 Å². The van der Waals surface area contributed by atoms with Gasteiger partial charge in [-0.25, -0.2) is 4.39 Å². The van der Waals surface area contributed by atoms with Crippen molar-refractivity contribution in [3.8, 4) is 16.9 Å². The first-order valence-electron chi connectivity index (χ1n) is 11.5. The van der Waals surface area contributed by atoms with Gasteiger partial charge in [0.05, 0.1) is 24.8 Å². The Labute approximate surface area is 198 Å². The van der Waals surface area contributed by atoms with Crippen LogP contribution in [0.3, 0.4) is 0 Å². The molecule has 0 bridgehead atoms. The molecule has 4 rings (SSSR count). The number of benzene rings is 3. The third kappa shape index (κ3) is 5.13. The van der Waals surface area contributed by atoms with Gasteiger partial charge in [0.2, 0.25) is 0 Å². The van der Waals surface area contributed by atoms with Crippen molar-refractivity contribution in [2.24, 2.45) is 7.05 Å². The van der Waals surface area contributed by atoms with Gasteiger partial charge in [0.25, 0.3) is 5.91 Å². The van der Waals surface area contributed by atoms with Crippen molar-refractivity contribution >= 4 is 16.8 Å². The Balaban J connectivity index is 1.60. The molecule has 5 nitrogen and oxygen atoms in total. The lowest BCUT2D eigenvalue weighted by molar-refractivity contribution is 0.0912. The Morgan fingerprint density at radius 3 is 2.56 bits per heavy atom. The maximum Gasteiger partial charge on any atom is 0.255 e. The summed E-state index contributed by atoms with van der Waals surface area (Å²) in [4.78, 5) is 13.3. The van der Waals surface area contributed by atoms with Gasteiger partial charge in [-0.05, 0) is 59.9 Å². The van der Waals surface area contributed by atoms with E-state index in [0.717, 1.165) is 34.0 Å². The number of nitrogens with zero attached hydrogens (tertiary/aromatic N) is 1. The zero-order chi connectivity index (χ0) is 24.1. The van der Waals surface area contributed by atoms with Crippen LogP contribution in [-0.4, -0.2) is 34.8 Å². The van der Waals surface area contributed by atoms with Gasteiger partial charge < -0.3 is 19.7 Å². The van der Waals surface area contributed by atoms with Crippen molar-refractivity contribution in [2.75, 3.05) is 13.2 Å². The highest BCUT2D eigenvalue weighted by Crippen LogP contribution is 2.28. The smallest absolute Gasteiger partial charge is 0.255 e. The molecule has 3 aromatic carbocycles. The van der Waals surface area contributed by atoms with E-state index in [1.807, 2.05) is 55.1 Å². The van der Waals surface area contributed by atoms with Crippen molar-refractivity contribution in [3.05, 3.63) is 89.9 Å². The fourth-order valence-corrected chi connectivity index (χ4v) is 4.15. The molecule has 0 saturated heterocycles. The molecule has 0 unspecified atom stereocenters. The molecule has 0 saturated carbocycles. The Kier molecular flexibility index (Phi) is 7.28. The Morgan fingerprint density at radius 1 is 1.09 bits per heavy atom. The number of aromatic nitrogens is 1. The first kappa shape index (κ1) is 23.5. The van der Waals surface area contributed by atoms with Crippen molar-refractivity contribution < 1.29 is 19.0 Å². The first-order valence-corrected chi connectivity index (χ1v) is 11.5. The molecule has 4 aromatic rings. The standard InChI is InChI=1S/C28H29FN2O3/c1-3-14-34-27-13-10-20(19-8-11-22(29)12-9-19)16-25(27)28(33)30-23(18-32)15-21-17-31(2)26-7-5-4-6-24(21)26/h4-13,16-17,23,32H,3,14-15,18H2,1-2H3,(H,30,33)/t23-/m1/s1. The van der Waals surface area contributed by atoms with Crippen LogP contribution >= 0.6 is 0 Å². The highest BCUT2D eigenvalue weighted by atomic mass is 19.1. The normalized spacial score (nSPS) is 12.0. The van der Waals surface area contributed by atoms with Gasteiger partial charge in [-0.2, -0.15) is 0 Å². The maximum atomic E-state index is 13.4. The molecule has 176 valence electrons. The molecule has 2 N–H and O–H groups in total. The second-order valence-electron chi connectivity index (χ2n) is 8.41. The van der Waals surface area contributed by atoms with Gasteiger partial charge >= 0.3 is 0 Å². The van der Waals surface area contributed by atoms with Crippen LogP contribution in [0.25, 0.3) is 22.0 Å². The molecule has 0 aliphatic rings. The summed E-state index contributed by atoms with van der Waals surface area (Å²) in [6.45, 7) is 2.28. The van der Waals surface area contributed by atoms with Gasteiger partial charge in [-0.3, -0.25) is 4.79 Å². The predicted octanol–water partition coefficient (Wildman–Crippen LogP) is 5.11. The number of carbonyl (C=O) groups is 1. The molecule has 0 fully saturated rings. The summed E-state index contributed by atoms with van der Waals surface area (Å²) in [7, 11) is 1.98. The number of hydrogen-bond donors (Lipinski definition) is 2. The van der Waals surface area contributed by atoms with Crippen LogP contribution in [-0.2, 0) is 13.5 Å². The minimum atomic E-state index is -0.466. The number of fused-ring (bicyclic) bond motifs is 1. The number of amides is 1. The van der Waals surface area contributed by atoms with Crippen molar-refractivity contribution in [2.45, 2.75) is 25.8 Å². The van der Waals surface area contributed by atoms with Crippen LogP contribution < -0.4 is 10.1 Å². The van der Waals surface area contributed by atoms with Gasteiger partial charge in [0, 0.05) is 24.1 Å². The number of rotatable bonds is 9. The zero-order valence-electron chi connectivity index (χ0n) is 19.4. The second-order valence-corrected chi connectivity index (χ2v) is 8.41. The topological polar surface area (TPSA) is 63.5 Å². The molecule has 0 aliphatic heterocycles. The van der Waals surface area contributed by atoms with E-state index in [2.05, 4.69) is 5.32 Å². The van der Waals surface area contributed by atoms with E-state index in [-0.39, 0.29) is 18.3 Å². The molecule has 1 aromatic heterocycles. The number of aryl methyl sites for hydroxylation is 1. The Hall–Kier alpha value is -3.64. The van der Waals surface area contributed by atoms with Gasteiger partial charge in [0.15, 0.2) is 0 Å². The van der Waals surface area contributed by atoms with E-state index >= 15 is 0 Å². The monoisotopic (exact) mass is 460 g/mol. The lowest BCUT2D eigenvalue weighted by Gasteiger charge is -2.18. The number of halogens is 1. The number of hydrogen-bond acceptors (Lipinski definition) is 3. The summed E-state index contributed by atoms with van der Waals surface area (Å²) in [5.41, 5.74) is 4.12. The van der Waals surface area contributed by atoms with Crippen LogP contribution in [0.4, 0.5) is 4.39 Å². The summed E-state index contributed by atoms with van der Waals surface area (Å²) in [5.74, 6) is -0.162. The molecule has 0 spiro atoms. The number of ether oxygens (including phenoxy) is 1. The van der Waals surface area contributed by atoms with Gasteiger partial charge in [-0.1, -0.05) is 43.3 Å². The molecule has 0 radical (unpaired) electrons. The SMILES string of the molecule is CCCOc1ccc(-c2ccc(F)cc2)cc1C(=O)N[C@@H](CO)Cc1cn(C)c2ccccc12. The van der Waals surface area contributed by atoms with Crippen molar-refractivity contribution in [1.82, 2.24) is 9.88 Å². The van der Waals surface area contributed by atoms with Gasteiger partial charge in [0.1, 0.15) is 11.6 Å². The Bertz CT molecular complexity index is 1280. The molecule has 6 heteroatoms. The molecule has 1 atom stereocenters. The van der Waals surface area contributed by atoms with E-state index in [4.69, 9.17) is 4.74 Å². The first-order chi connectivity index (χ1) is 16.5. The summed E-state index contributed by atoms with van der Waals surface area (Å²) >= 11 is 0. The minimum Gasteiger partial charge on any atom is -0.493 e. The molecule has 0 aliphatic carbocycles. The molecule has 34 heavy (non-hydrogen) atoms. The third-order valence-corrected chi connectivity index (χ3v) is 5.86. The van der Waals surface area contributed by atoms with Crippen LogP contribution in [0.1, 0.15) is 29.3 Å². The average molecular weight is 461 g/mol. The van der Waals surface area contributed by atoms with Crippen LogP contribution in [0.5, 0.6) is 5.75 Å². The Morgan fingerprint density at radius 2 is 1.82 bits per heavy atom. The summed E-state index contributed by atoms with van der Waals surface area (Å²) in [5, 5.41) is 14.1. The second kappa shape index (κ2) is 10.5. The summed E-state index contributed by atoms with van der Waals surface area (Å²) in [6, 6.07) is 19.1. The lowest BCUT2D eigenvalue weighted by atomic mass is 10.0. The quantitative estimate of drug-likeness (QED) is 0.365. The minimum absolute atomic E-state index is 0.197. The van der Waals surface area contributed by atoms with Crippen LogP contribution in [0.2, 0.25) is 0 Å². The zero-order valence-corrected chi connectivity index (χ0v) is 19.4. The molecule has 1 heterocycles.